The summed E-state index contributed by atoms with van der Waals surface area (Å²) < 4.78 is 1.10. The Hall–Kier alpha value is -1.16. The van der Waals surface area contributed by atoms with Gasteiger partial charge in [0.1, 0.15) is 0 Å². The molecule has 100 valence electrons. The summed E-state index contributed by atoms with van der Waals surface area (Å²) in [5.41, 5.74) is 3.43. The Morgan fingerprint density at radius 3 is 2.42 bits per heavy atom. The van der Waals surface area contributed by atoms with Gasteiger partial charge in [0.05, 0.1) is 6.61 Å². The molecule has 0 aliphatic heterocycles. The van der Waals surface area contributed by atoms with Crippen LogP contribution < -0.4 is 5.32 Å². The van der Waals surface area contributed by atoms with Gasteiger partial charge in [-0.05, 0) is 35.7 Å². The molecule has 2 rings (SSSR count). The second kappa shape index (κ2) is 6.85. The van der Waals surface area contributed by atoms with Crippen LogP contribution in [0.5, 0.6) is 0 Å². The van der Waals surface area contributed by atoms with Crippen molar-refractivity contribution in [1.29, 1.82) is 0 Å². The molecular weight excluding hydrogens is 302 g/mol. The molecule has 0 heterocycles. The third-order valence-corrected chi connectivity index (χ3v) is 3.66. The van der Waals surface area contributed by atoms with Gasteiger partial charge in [-0.1, -0.05) is 52.3 Å². The van der Waals surface area contributed by atoms with E-state index in [-0.39, 0.29) is 6.61 Å². The molecule has 2 N–H and O–H groups in total. The van der Waals surface area contributed by atoms with Gasteiger partial charge in [0.15, 0.2) is 0 Å². The third kappa shape index (κ3) is 4.16. The molecule has 0 amide bonds. The molecule has 0 fully saturated rings. The summed E-state index contributed by atoms with van der Waals surface area (Å²) >= 11 is 3.49. The Bertz CT molecular complexity index is 525. The maximum atomic E-state index is 9.00. The molecule has 2 nitrogen and oxygen atoms in total. The maximum absolute atomic E-state index is 9.00. The lowest BCUT2D eigenvalue weighted by Gasteiger charge is -2.14. The number of halogens is 1. The van der Waals surface area contributed by atoms with Crippen molar-refractivity contribution in [2.24, 2.45) is 0 Å². The predicted molar refractivity (Wildman–Crippen MR) is 81.8 cm³/mol. The molecule has 0 bridgehead atoms. The molecule has 0 saturated carbocycles. The number of hydrogen-bond donors (Lipinski definition) is 2. The number of aliphatic hydroxyl groups is 1. The Kier molecular flexibility index (Phi) is 5.14. The topological polar surface area (TPSA) is 32.3 Å². The fourth-order valence-corrected chi connectivity index (χ4v) is 2.34. The van der Waals surface area contributed by atoms with Crippen molar-refractivity contribution in [2.45, 2.75) is 26.1 Å². The monoisotopic (exact) mass is 319 g/mol. The first kappa shape index (κ1) is 14.3. The molecule has 0 aliphatic rings. The van der Waals surface area contributed by atoms with E-state index in [0.717, 1.165) is 16.6 Å². The van der Waals surface area contributed by atoms with Gasteiger partial charge in [0.25, 0.3) is 0 Å². The number of rotatable bonds is 5. The average Bonchev–Trinajstić information content (AvgIpc) is 2.45. The zero-order valence-electron chi connectivity index (χ0n) is 10.9. The molecule has 0 saturated heterocycles. The van der Waals surface area contributed by atoms with E-state index in [1.165, 1.54) is 11.1 Å². The van der Waals surface area contributed by atoms with E-state index in [4.69, 9.17) is 5.11 Å². The molecule has 1 unspecified atom stereocenters. The van der Waals surface area contributed by atoms with Gasteiger partial charge in [-0.3, -0.25) is 0 Å². The highest BCUT2D eigenvalue weighted by Gasteiger charge is 2.05. The van der Waals surface area contributed by atoms with Crippen molar-refractivity contribution in [3.05, 3.63) is 69.7 Å². The highest BCUT2D eigenvalue weighted by atomic mass is 79.9. The summed E-state index contributed by atoms with van der Waals surface area (Å²) in [5.74, 6) is 0. The molecule has 3 heteroatoms. The molecule has 19 heavy (non-hydrogen) atoms. The molecule has 2 aromatic rings. The maximum Gasteiger partial charge on any atom is 0.0681 e. The van der Waals surface area contributed by atoms with E-state index in [1.54, 1.807) is 0 Å². The lowest BCUT2D eigenvalue weighted by atomic mass is 10.1. The first-order chi connectivity index (χ1) is 9.19. The van der Waals surface area contributed by atoms with Crippen LogP contribution in [0.4, 0.5) is 0 Å². The van der Waals surface area contributed by atoms with E-state index < -0.39 is 0 Å². The fraction of sp³-hybridized carbons (Fsp3) is 0.250. The van der Waals surface area contributed by atoms with Gasteiger partial charge in [0, 0.05) is 17.1 Å². The van der Waals surface area contributed by atoms with Gasteiger partial charge in [-0.2, -0.15) is 0 Å². The van der Waals surface area contributed by atoms with E-state index in [0.29, 0.717) is 6.04 Å². The summed E-state index contributed by atoms with van der Waals surface area (Å²) in [5, 5.41) is 12.5. The minimum atomic E-state index is 0.0994. The first-order valence-electron chi connectivity index (χ1n) is 6.36. The van der Waals surface area contributed by atoms with E-state index in [1.807, 2.05) is 36.4 Å². The van der Waals surface area contributed by atoms with Crippen LogP contribution in [0.3, 0.4) is 0 Å². The molecule has 0 aromatic heterocycles. The smallest absolute Gasteiger partial charge is 0.0681 e. The van der Waals surface area contributed by atoms with Crippen LogP contribution in [0, 0.1) is 0 Å². The van der Waals surface area contributed by atoms with Crippen LogP contribution in [0.1, 0.15) is 29.7 Å². The van der Waals surface area contributed by atoms with E-state index in [9.17, 15) is 0 Å². The zero-order chi connectivity index (χ0) is 13.7. The summed E-state index contributed by atoms with van der Waals surface area (Å²) in [4.78, 5) is 0. The van der Waals surface area contributed by atoms with Crippen molar-refractivity contribution in [3.8, 4) is 0 Å². The van der Waals surface area contributed by atoms with Gasteiger partial charge in [-0.15, -0.1) is 0 Å². The second-order valence-corrected chi connectivity index (χ2v) is 5.55. The first-order valence-corrected chi connectivity index (χ1v) is 7.16. The second-order valence-electron chi connectivity index (χ2n) is 4.63. The number of aliphatic hydroxyl groups excluding tert-OH is 1. The Labute approximate surface area is 122 Å². The Morgan fingerprint density at radius 1 is 1.11 bits per heavy atom. The number of nitrogens with one attached hydrogen (secondary N) is 1. The van der Waals surface area contributed by atoms with Crippen LogP contribution in [-0.4, -0.2) is 5.11 Å². The molecule has 0 aliphatic carbocycles. The Balaban J connectivity index is 1.94. The van der Waals surface area contributed by atoms with Crippen LogP contribution in [0.2, 0.25) is 0 Å². The number of benzene rings is 2. The van der Waals surface area contributed by atoms with Crippen molar-refractivity contribution < 1.29 is 5.11 Å². The van der Waals surface area contributed by atoms with Crippen LogP contribution >= 0.6 is 15.9 Å². The summed E-state index contributed by atoms with van der Waals surface area (Å²) in [6.07, 6.45) is 0. The molecule has 2 aromatic carbocycles. The van der Waals surface area contributed by atoms with Gasteiger partial charge >= 0.3 is 0 Å². The lowest BCUT2D eigenvalue weighted by Crippen LogP contribution is -2.18. The molecular formula is C16H18BrNO. The van der Waals surface area contributed by atoms with Gasteiger partial charge < -0.3 is 10.4 Å². The quantitative estimate of drug-likeness (QED) is 0.878. The highest BCUT2D eigenvalue weighted by molar-refractivity contribution is 9.10. The lowest BCUT2D eigenvalue weighted by molar-refractivity contribution is 0.282. The third-order valence-electron chi connectivity index (χ3n) is 3.17. The summed E-state index contributed by atoms with van der Waals surface area (Å²) in [6.45, 7) is 3.07. The number of hydrogen-bond acceptors (Lipinski definition) is 2. The predicted octanol–water partition coefficient (Wildman–Crippen LogP) is 3.79. The Morgan fingerprint density at radius 2 is 1.79 bits per heavy atom. The highest BCUT2D eigenvalue weighted by Crippen LogP contribution is 2.18. The van der Waals surface area contributed by atoms with E-state index in [2.05, 4.69) is 40.3 Å². The molecule has 0 spiro atoms. The minimum absolute atomic E-state index is 0.0994. The SMILES string of the molecule is CC(NCc1ccc(CO)cc1)c1cccc(Br)c1. The average molecular weight is 320 g/mol. The minimum Gasteiger partial charge on any atom is -0.392 e. The standard InChI is InChI=1S/C16H18BrNO/c1-12(15-3-2-4-16(17)9-15)18-10-13-5-7-14(11-19)8-6-13/h2-9,12,18-19H,10-11H2,1H3. The van der Waals surface area contributed by atoms with Crippen LogP contribution in [-0.2, 0) is 13.2 Å². The van der Waals surface area contributed by atoms with E-state index >= 15 is 0 Å². The molecule has 1 atom stereocenters. The van der Waals surface area contributed by atoms with Gasteiger partial charge in [0.2, 0.25) is 0 Å². The fourth-order valence-electron chi connectivity index (χ4n) is 1.93. The van der Waals surface area contributed by atoms with Crippen molar-refractivity contribution >= 4 is 15.9 Å². The molecule has 0 radical (unpaired) electrons. The summed E-state index contributed by atoms with van der Waals surface area (Å²) in [6, 6.07) is 16.6. The van der Waals surface area contributed by atoms with Crippen molar-refractivity contribution in [2.75, 3.05) is 0 Å². The van der Waals surface area contributed by atoms with Crippen LogP contribution in [0.25, 0.3) is 0 Å². The zero-order valence-corrected chi connectivity index (χ0v) is 12.5. The van der Waals surface area contributed by atoms with Crippen molar-refractivity contribution in [1.82, 2.24) is 5.32 Å². The normalized spacial score (nSPS) is 12.4. The largest absolute Gasteiger partial charge is 0.392 e. The summed E-state index contributed by atoms with van der Waals surface area (Å²) in [7, 11) is 0. The van der Waals surface area contributed by atoms with Crippen molar-refractivity contribution in [3.63, 3.8) is 0 Å². The van der Waals surface area contributed by atoms with Gasteiger partial charge in [-0.25, -0.2) is 0 Å². The van der Waals surface area contributed by atoms with Crippen LogP contribution in [0.15, 0.2) is 53.0 Å².